The summed E-state index contributed by atoms with van der Waals surface area (Å²) < 4.78 is 113. The monoisotopic (exact) mass is 2250 g/mol. The van der Waals surface area contributed by atoms with Gasteiger partial charge in [-0.2, -0.15) is 0 Å². The van der Waals surface area contributed by atoms with Crippen LogP contribution in [0.4, 0.5) is 0 Å². The highest BCUT2D eigenvalue weighted by atomic mass is 28.5. The molecule has 45 heteroatoms. The van der Waals surface area contributed by atoms with Gasteiger partial charge in [0.05, 0.1) is 13.2 Å². The average Bonchev–Trinajstić information content (AvgIpc) is 0.798. The molecule has 1 atom stereocenters. The summed E-state index contributed by atoms with van der Waals surface area (Å²) in [6, 6.07) is 35.9. The summed E-state index contributed by atoms with van der Waals surface area (Å²) in [7, 11) is -38.6. The first-order chi connectivity index (χ1) is 58.8. The van der Waals surface area contributed by atoms with Gasteiger partial charge in [0.1, 0.15) is 68.3 Å². The molecule has 0 aliphatic carbocycles. The zero-order valence-corrected chi connectivity index (χ0v) is 121. The number of rotatable bonds is 67. The van der Waals surface area contributed by atoms with E-state index in [1.54, 1.807) is 13.8 Å². The zero-order chi connectivity index (χ0) is 101. The number of carbonyl (C=O) groups excluding carboxylic acids is 2. The lowest BCUT2D eigenvalue weighted by Gasteiger charge is -2.47. The number of hydrogen-bond acceptors (Lipinski definition) is 19. The van der Waals surface area contributed by atoms with Crippen LogP contribution in [0.1, 0.15) is 43.4 Å². The Kier molecular flexibility index (Phi) is 63.8. The molecule has 760 valence electrons. The lowest BCUT2D eigenvalue weighted by Crippen LogP contribution is -2.63. The highest BCUT2D eigenvalue weighted by Crippen LogP contribution is 2.39. The fraction of sp³-hybridized carbons (Fsp3) is 0.741. The molecule has 0 N–H and O–H groups in total. The second-order valence-corrected chi connectivity index (χ2v) is 139. The topological polar surface area (TPSA) is 191 Å². The van der Waals surface area contributed by atoms with E-state index in [0.29, 0.717) is 24.4 Å². The predicted molar refractivity (Wildman–Crippen MR) is 637 cm³/mol. The van der Waals surface area contributed by atoms with Gasteiger partial charge in [-0.25, -0.2) is 9.59 Å². The lowest BCUT2D eigenvalue weighted by molar-refractivity contribution is -0.139. The fourth-order valence-corrected chi connectivity index (χ4v) is 101. The van der Waals surface area contributed by atoms with Crippen LogP contribution in [0, 0.1) is 0 Å². The molecule has 0 radical (unpaired) electrons. The quantitative estimate of drug-likeness (QED) is 0.0263. The van der Waals surface area contributed by atoms with E-state index >= 15 is 0 Å². The van der Waals surface area contributed by atoms with Gasteiger partial charge in [0, 0.05) is 23.2 Å². The van der Waals surface area contributed by atoms with Gasteiger partial charge in [0.25, 0.3) is 0 Å². The van der Waals surface area contributed by atoms with Gasteiger partial charge < -0.3 is 71.2 Å². The maximum absolute atomic E-state index is 11.2. The smallest absolute Gasteiger partial charge is 0.462 e. The van der Waals surface area contributed by atoms with Crippen molar-refractivity contribution in [1.82, 2.24) is 0 Å². The highest BCUT2D eigenvalue weighted by molar-refractivity contribution is 6.94. The van der Waals surface area contributed by atoms with E-state index in [0.717, 1.165) is 85.7 Å². The van der Waals surface area contributed by atoms with E-state index in [2.05, 4.69) is 330 Å². The summed E-state index contributed by atoms with van der Waals surface area (Å²) in [4.78, 5) is 22.5. The molecule has 0 spiro atoms. The van der Waals surface area contributed by atoms with Crippen LogP contribution in [0.5, 0.6) is 0 Å². The lowest BCUT2D eigenvalue weighted by atomic mass is 10.1. The van der Waals surface area contributed by atoms with E-state index in [4.69, 9.17) is 71.2 Å². The minimum atomic E-state index is -3.32. The van der Waals surface area contributed by atoms with Gasteiger partial charge in [0.15, 0.2) is 144 Å². The Hall–Kier alpha value is 1.38. The summed E-state index contributed by atoms with van der Waals surface area (Å²) in [6.45, 7) is 109. The highest BCUT2D eigenvalue weighted by Gasteiger charge is 2.56. The Morgan fingerprint density at radius 3 is 0.908 bits per heavy atom. The van der Waals surface area contributed by atoms with Gasteiger partial charge in [-0.1, -0.05) is 87.0 Å². The van der Waals surface area contributed by atoms with Gasteiger partial charge in [0.2, 0.25) is 0 Å². The molecule has 0 heterocycles. The second kappa shape index (κ2) is 62.2. The van der Waals surface area contributed by atoms with Crippen molar-refractivity contribution >= 4 is 259 Å². The molecule has 0 aliphatic heterocycles. The Bertz CT molecular complexity index is 3420. The molecule has 0 aromatic heterocycles. The molecule has 0 amide bonds. The third kappa shape index (κ3) is 78.9. The molecule has 0 saturated carbocycles. The normalized spacial score (nSPS) is 14.8. The number of aryl methyl sites for hydroxylation is 1. The van der Waals surface area contributed by atoms with Crippen LogP contribution < -0.4 is 5.19 Å². The van der Waals surface area contributed by atoms with Crippen molar-refractivity contribution in [3.8, 4) is 0 Å². The first kappa shape index (κ1) is 133. The van der Waals surface area contributed by atoms with Crippen molar-refractivity contribution in [1.29, 1.82) is 0 Å². The molecule has 1 unspecified atom stereocenters. The van der Waals surface area contributed by atoms with Crippen LogP contribution >= 0.6 is 0 Å². The van der Waals surface area contributed by atoms with Crippen molar-refractivity contribution < 1.29 is 80.8 Å². The molecule has 0 fully saturated rings. The molecule has 0 aliphatic rings. The van der Waals surface area contributed by atoms with Crippen molar-refractivity contribution in [3.05, 3.63) is 103 Å². The van der Waals surface area contributed by atoms with E-state index in [1.807, 2.05) is 12.2 Å². The molecular weight excluding hydrogens is 2060 g/mol. The number of carbonyl (C=O) groups is 2. The van der Waals surface area contributed by atoms with Crippen molar-refractivity contribution in [3.63, 3.8) is 0 Å². The summed E-state index contributed by atoms with van der Waals surface area (Å²) in [5.41, 5.74) is 4.65. The molecule has 0 saturated heterocycles. The minimum Gasteiger partial charge on any atom is -0.462 e. The largest absolute Gasteiger partial charge is 0.469 e. The van der Waals surface area contributed by atoms with Crippen molar-refractivity contribution in [2.45, 2.75) is 391 Å². The molecule has 2 aromatic carbocycles. The van der Waals surface area contributed by atoms with E-state index < -0.39 is 210 Å². The number of esters is 2. The average molecular weight is 2260 g/mol. The van der Waals surface area contributed by atoms with E-state index in [9.17, 15) is 9.59 Å². The van der Waals surface area contributed by atoms with Gasteiger partial charge >= 0.3 is 29.5 Å². The van der Waals surface area contributed by atoms with E-state index in [-0.39, 0.29) is 31.5 Å². The maximum atomic E-state index is 11.2. The molecular formula is C85H202O19Si26. The Balaban J connectivity index is 0. The van der Waals surface area contributed by atoms with Gasteiger partial charge in [-0.3, -0.25) is 0 Å². The molecule has 130 heavy (non-hydrogen) atoms. The minimum absolute atomic E-state index is 0.287. The third-order valence-corrected chi connectivity index (χ3v) is 102. The van der Waals surface area contributed by atoms with Crippen LogP contribution in [-0.4, -0.2) is 255 Å². The predicted octanol–water partition coefficient (Wildman–Crippen LogP) is 21.0. The summed E-state index contributed by atoms with van der Waals surface area (Å²) in [5.74, 6) is -0.576. The molecule has 2 aromatic rings. The van der Waals surface area contributed by atoms with Crippen LogP contribution in [-0.2, 0) is 87.2 Å². The number of hydrogen-bond donors (Lipinski definition) is 0. The van der Waals surface area contributed by atoms with Crippen LogP contribution in [0.2, 0.25) is 358 Å². The Morgan fingerprint density at radius 2 is 0.592 bits per heavy atom. The first-order valence-corrected chi connectivity index (χ1v) is 117. The third-order valence-electron chi connectivity index (χ3n) is 19.7. The van der Waals surface area contributed by atoms with Crippen LogP contribution in [0.25, 0.3) is 12.2 Å². The first-order valence-electron chi connectivity index (χ1n) is 48.8. The Morgan fingerprint density at radius 1 is 0.315 bits per heavy atom. The van der Waals surface area contributed by atoms with Crippen LogP contribution in [0.15, 0.2) is 86.0 Å². The van der Waals surface area contributed by atoms with Crippen molar-refractivity contribution in [2.24, 2.45) is 0 Å². The SMILES string of the molecule is C=C(C)C(=O)OCCC[SiH2]O[Si](C)(C)CC[SiH2]O[Si](C)(C)C.C=C(C)C(=O)OCCC[SiH2]O[Si](C)(C)CC[SiH](C)O[Si](C)(C)C.C=Cc1ccc(CC[SiH2]O[Si](C)(C)CC[Si](O[Si](C)(C)CC[SiH2]O[Si](C)(C)C)(O[Si](C)(C)CC[SiH2]O[Si](C)(C)C)O[Si](C)(C)CC[Si](O[Si](C)(C)C)(O[Si](C)(C)C)O[Si](C)(C)C)cc1.C=Cc1ccc([SiH2]O[Si](C)(C)CC[SiH2]O[Si](C)(C)C)cc1. The second-order valence-electron chi connectivity index (χ2n) is 47.5. The van der Waals surface area contributed by atoms with E-state index in [1.165, 1.54) is 58.1 Å². The van der Waals surface area contributed by atoms with Gasteiger partial charge in [-0.15, -0.1) is 0 Å². The van der Waals surface area contributed by atoms with Crippen molar-refractivity contribution in [2.75, 3.05) is 13.2 Å². The molecule has 2 rings (SSSR count). The Labute approximate surface area is 838 Å². The summed E-state index contributed by atoms with van der Waals surface area (Å²) in [5, 5.41) is 1.39. The summed E-state index contributed by atoms with van der Waals surface area (Å²) in [6.07, 6.45) is 6.66. The number of ether oxygens (including phenoxy) is 2. The zero-order valence-electron chi connectivity index (χ0n) is 91.6. The fourth-order valence-electron chi connectivity index (χ4n) is 13.3. The maximum Gasteiger partial charge on any atom is 0.469 e. The molecule has 0 bridgehead atoms. The standard InChI is InChI=1S/C41H102O9Si14.C15H36O4Si4.C15H30O2Si4.C14H34O4Si4/c1-25-40-26-28-41(29-27-40)30-31-51-44-59(17,18)36-38-64(48-60(19,20)34-32-52-42-54(2,3)4,49-61(21,22)35-33-53-43-55(5,6)7)50-62(23,24)37-39-63(45-56(8,9)10,46-57(11,12)13)47-58(14,15)16;1-14(2)15(16)17-10-9-11-20-18-23(7,8)13-12-21(3)19-22(4,5)6;1-7-14-8-10-15(11-9-14)19-17-21(5,6)13-12-18-16-20(2,3)4;1-13(2)14(15)16-9-8-10-19-18-22(6,7)12-11-20-17-21(3,4)5/h25-29H,1,30-39,51-53H2,2-24H3;21H,1,9-13,20H2,2-8H3;7-11H,1,12-13,18-19H2,2-6H3;1,8-12,19-20H2,2-7H3. The number of benzene rings is 2. The van der Waals surface area contributed by atoms with Crippen LogP contribution in [0.3, 0.4) is 0 Å². The molecule has 19 nitrogen and oxygen atoms in total. The summed E-state index contributed by atoms with van der Waals surface area (Å²) >= 11 is 0. The van der Waals surface area contributed by atoms with Gasteiger partial charge in [-0.05, 0) is 401 Å².